The molecule has 0 aromatic carbocycles. The standard InChI is InChI=1S/C11H14N5O5PS/c1-4-15-6-9(12)13-3-14-10(6)16(4)11-7(17)8-5(20-11)2-19-22(18,23)21-8/h3,5,7-8,11,17H,2H2,1H3,(H,18,23)(H2,12,13,14)/t5?,7-,8+,11?,22?/m0/s1. The van der Waals surface area contributed by atoms with Crippen LogP contribution in [0.1, 0.15) is 12.1 Å². The van der Waals surface area contributed by atoms with Gasteiger partial charge in [-0.2, -0.15) is 0 Å². The first-order valence-electron chi connectivity index (χ1n) is 6.81. The first kappa shape index (κ1) is 15.3. The Bertz CT molecular complexity index is 830. The average Bonchev–Trinajstić information content (AvgIpc) is 2.97. The number of hydrogen-bond donors (Lipinski definition) is 3. The zero-order valence-corrected chi connectivity index (χ0v) is 13.6. The minimum Gasteiger partial charge on any atom is -0.386 e. The Morgan fingerprint density at radius 1 is 1.48 bits per heavy atom. The van der Waals surface area contributed by atoms with Gasteiger partial charge in [0.25, 0.3) is 0 Å². The van der Waals surface area contributed by atoms with Crippen LogP contribution in [0.5, 0.6) is 0 Å². The first-order valence-corrected chi connectivity index (χ1v) is 9.41. The summed E-state index contributed by atoms with van der Waals surface area (Å²) in [6.07, 6.45) is -1.88. The highest BCUT2D eigenvalue weighted by molar-refractivity contribution is 8.07. The summed E-state index contributed by atoms with van der Waals surface area (Å²) in [7, 11) is 0. The molecule has 0 aliphatic carbocycles. The molecule has 4 N–H and O–H groups in total. The largest absolute Gasteiger partial charge is 0.386 e. The molecule has 5 atom stereocenters. The summed E-state index contributed by atoms with van der Waals surface area (Å²) in [4.78, 5) is 22.2. The fourth-order valence-corrected chi connectivity index (χ4v) is 4.33. The predicted octanol–water partition coefficient (Wildman–Crippen LogP) is -0.393. The number of anilines is 1. The fraction of sp³-hybridized carbons (Fsp3) is 0.545. The van der Waals surface area contributed by atoms with E-state index in [-0.39, 0.29) is 12.4 Å². The Balaban J connectivity index is 1.76. The molecule has 124 valence electrons. The number of nitrogens with zero attached hydrogens (tertiary/aromatic N) is 4. The van der Waals surface area contributed by atoms with Crippen LogP contribution < -0.4 is 5.73 Å². The number of imidazole rings is 1. The molecule has 23 heavy (non-hydrogen) atoms. The van der Waals surface area contributed by atoms with Crippen molar-refractivity contribution < 1.29 is 23.8 Å². The summed E-state index contributed by atoms with van der Waals surface area (Å²) in [6, 6.07) is 0. The minimum absolute atomic E-state index is 0.0504. The number of aromatic nitrogens is 4. The van der Waals surface area contributed by atoms with Crippen LogP contribution >= 0.6 is 6.72 Å². The number of nitrogens with two attached hydrogens (primary N) is 1. The van der Waals surface area contributed by atoms with Gasteiger partial charge in [-0.15, -0.1) is 0 Å². The second kappa shape index (κ2) is 5.15. The van der Waals surface area contributed by atoms with Crippen molar-refractivity contribution in [2.45, 2.75) is 31.5 Å². The van der Waals surface area contributed by atoms with Crippen LogP contribution in [0, 0.1) is 6.92 Å². The van der Waals surface area contributed by atoms with Gasteiger partial charge in [0.15, 0.2) is 23.2 Å². The Kier molecular flexibility index (Phi) is 3.43. The molecule has 10 nitrogen and oxygen atoms in total. The maximum atomic E-state index is 10.6. The van der Waals surface area contributed by atoms with Gasteiger partial charge in [0.1, 0.15) is 30.5 Å². The molecule has 0 bridgehead atoms. The highest BCUT2D eigenvalue weighted by Crippen LogP contribution is 2.53. The molecular formula is C11H14N5O5PS. The van der Waals surface area contributed by atoms with Crippen molar-refractivity contribution in [1.82, 2.24) is 19.5 Å². The van der Waals surface area contributed by atoms with E-state index in [1.165, 1.54) is 6.33 Å². The molecule has 2 fully saturated rings. The van der Waals surface area contributed by atoms with E-state index in [4.69, 9.17) is 31.3 Å². The Hall–Kier alpha value is -1.20. The molecular weight excluding hydrogens is 345 g/mol. The van der Waals surface area contributed by atoms with Crippen LogP contribution in [-0.2, 0) is 25.6 Å². The third-order valence-corrected chi connectivity index (χ3v) is 5.46. The highest BCUT2D eigenvalue weighted by atomic mass is 32.5. The first-order chi connectivity index (χ1) is 10.9. The monoisotopic (exact) mass is 359 g/mol. The van der Waals surface area contributed by atoms with E-state index in [1.54, 1.807) is 11.5 Å². The molecule has 12 heteroatoms. The number of aliphatic hydroxyl groups is 1. The average molecular weight is 359 g/mol. The van der Waals surface area contributed by atoms with Gasteiger partial charge in [0, 0.05) is 0 Å². The van der Waals surface area contributed by atoms with Crippen LogP contribution in [0.15, 0.2) is 6.33 Å². The lowest BCUT2D eigenvalue weighted by Crippen LogP contribution is -2.39. The summed E-state index contributed by atoms with van der Waals surface area (Å²) in [5, 5.41) is 10.6. The van der Waals surface area contributed by atoms with Crippen LogP contribution in [0.3, 0.4) is 0 Å². The molecule has 0 radical (unpaired) electrons. The zero-order valence-electron chi connectivity index (χ0n) is 11.9. The van der Waals surface area contributed by atoms with Gasteiger partial charge in [-0.25, -0.2) is 15.0 Å². The van der Waals surface area contributed by atoms with Gasteiger partial charge >= 0.3 is 6.72 Å². The lowest BCUT2D eigenvalue weighted by molar-refractivity contribution is -0.0599. The third-order valence-electron chi connectivity index (χ3n) is 3.90. The number of fused-ring (bicyclic) bond motifs is 2. The number of ether oxygens (including phenoxy) is 1. The predicted molar refractivity (Wildman–Crippen MR) is 81.7 cm³/mol. The molecule has 2 aliphatic rings. The van der Waals surface area contributed by atoms with Crippen molar-refractivity contribution in [3.8, 4) is 0 Å². The van der Waals surface area contributed by atoms with Crippen LogP contribution in [-0.4, -0.2) is 54.4 Å². The van der Waals surface area contributed by atoms with E-state index < -0.39 is 31.3 Å². The van der Waals surface area contributed by atoms with Gasteiger partial charge in [-0.3, -0.25) is 9.09 Å². The summed E-state index contributed by atoms with van der Waals surface area (Å²) in [5.41, 5.74) is 6.68. The zero-order chi connectivity index (χ0) is 16.4. The van der Waals surface area contributed by atoms with Crippen molar-refractivity contribution in [2.24, 2.45) is 0 Å². The Morgan fingerprint density at radius 3 is 3.04 bits per heavy atom. The number of rotatable bonds is 1. The van der Waals surface area contributed by atoms with Gasteiger partial charge in [-0.05, 0) is 18.7 Å². The molecule has 2 saturated heterocycles. The summed E-state index contributed by atoms with van der Waals surface area (Å²) < 4.78 is 17.8. The van der Waals surface area contributed by atoms with Crippen molar-refractivity contribution in [1.29, 1.82) is 0 Å². The van der Waals surface area contributed by atoms with E-state index in [1.807, 2.05) is 0 Å². The minimum atomic E-state index is -3.34. The van der Waals surface area contributed by atoms with Gasteiger partial charge < -0.3 is 25.0 Å². The molecule has 2 aromatic heterocycles. The van der Waals surface area contributed by atoms with Gasteiger partial charge in [0.2, 0.25) is 0 Å². The molecule has 0 saturated carbocycles. The lowest BCUT2D eigenvalue weighted by atomic mass is 10.1. The molecule has 0 spiro atoms. The quantitative estimate of drug-likeness (QED) is 0.577. The highest BCUT2D eigenvalue weighted by Gasteiger charge is 2.51. The Labute approximate surface area is 135 Å². The molecule has 2 aromatic rings. The second-order valence-electron chi connectivity index (χ2n) is 5.35. The maximum absolute atomic E-state index is 10.6. The summed E-state index contributed by atoms with van der Waals surface area (Å²) in [6.45, 7) is -1.55. The van der Waals surface area contributed by atoms with E-state index in [9.17, 15) is 10.00 Å². The van der Waals surface area contributed by atoms with E-state index in [0.29, 0.717) is 17.0 Å². The van der Waals surface area contributed by atoms with Crippen molar-refractivity contribution >= 4 is 35.5 Å². The van der Waals surface area contributed by atoms with Crippen LogP contribution in [0.2, 0.25) is 0 Å². The molecule has 0 amide bonds. The van der Waals surface area contributed by atoms with Gasteiger partial charge in [-0.1, -0.05) is 0 Å². The third kappa shape index (κ3) is 2.36. The Morgan fingerprint density at radius 2 is 2.26 bits per heavy atom. The van der Waals surface area contributed by atoms with Crippen molar-refractivity contribution in [2.75, 3.05) is 12.3 Å². The number of nitrogen functional groups attached to an aromatic ring is 1. The van der Waals surface area contributed by atoms with E-state index in [2.05, 4.69) is 15.0 Å². The molecule has 4 rings (SSSR count). The molecule has 2 aliphatic heterocycles. The lowest BCUT2D eigenvalue weighted by Gasteiger charge is -2.30. The van der Waals surface area contributed by atoms with Crippen molar-refractivity contribution in [3.63, 3.8) is 0 Å². The smallest absolute Gasteiger partial charge is 0.325 e. The topological polar surface area (TPSA) is 138 Å². The van der Waals surface area contributed by atoms with Gasteiger partial charge in [0.05, 0.1) is 6.61 Å². The van der Waals surface area contributed by atoms with E-state index in [0.717, 1.165) is 0 Å². The summed E-state index contributed by atoms with van der Waals surface area (Å²) >= 11 is 4.83. The fourth-order valence-electron chi connectivity index (χ4n) is 2.89. The maximum Gasteiger partial charge on any atom is 0.325 e. The van der Waals surface area contributed by atoms with E-state index >= 15 is 0 Å². The van der Waals surface area contributed by atoms with Crippen LogP contribution in [0.25, 0.3) is 11.2 Å². The number of aryl methyl sites for hydroxylation is 1. The second-order valence-corrected chi connectivity index (χ2v) is 8.14. The molecule has 3 unspecified atom stereocenters. The number of hydrogen-bond acceptors (Lipinski definition) is 9. The summed E-state index contributed by atoms with van der Waals surface area (Å²) in [5.74, 6) is 0.798. The number of aliphatic hydroxyl groups excluding tert-OH is 1. The van der Waals surface area contributed by atoms with Crippen molar-refractivity contribution in [3.05, 3.63) is 12.2 Å². The normalized spacial score (nSPS) is 37.2. The SMILES string of the molecule is Cc1nc2c(N)ncnc2n1C1OC2COP(O)(=S)O[C@H]2[C@@H]1O. The molecule has 4 heterocycles. The van der Waals surface area contributed by atoms with Crippen LogP contribution in [0.4, 0.5) is 5.82 Å².